The fraction of sp³-hybridized carbons (Fsp3) is 0.333. The number of aliphatic hydroxyl groups is 1. The first-order valence-corrected chi connectivity index (χ1v) is 14.5. The van der Waals surface area contributed by atoms with Gasteiger partial charge in [0.1, 0.15) is 10.6 Å². The zero-order valence-electron chi connectivity index (χ0n) is 18.3. The predicted molar refractivity (Wildman–Crippen MR) is 133 cm³/mol. The summed E-state index contributed by atoms with van der Waals surface area (Å²) in [5.41, 5.74) is -0.227. The summed E-state index contributed by atoms with van der Waals surface area (Å²) in [5, 5.41) is 11.8. The SMILES string of the molecule is O=S(=O)(c1ccc(Cl)cc1)[C@@]12CC[C@@H](NSc3ccsc3CO)C[C@@H]1COc1c(F)ccc(F)c12. The second kappa shape index (κ2) is 9.64. The van der Waals surface area contributed by atoms with Gasteiger partial charge in [0.15, 0.2) is 21.4 Å². The van der Waals surface area contributed by atoms with Crippen molar-refractivity contribution < 1.29 is 27.0 Å². The largest absolute Gasteiger partial charge is 0.490 e. The molecule has 3 atom stereocenters. The first-order valence-electron chi connectivity index (χ1n) is 11.0. The number of ether oxygens (including phenoxy) is 1. The normalized spacial score (nSPS) is 23.9. The highest BCUT2D eigenvalue weighted by Crippen LogP contribution is 2.56. The Morgan fingerprint density at radius 3 is 2.66 bits per heavy atom. The van der Waals surface area contributed by atoms with Crippen LogP contribution in [0.4, 0.5) is 8.78 Å². The minimum absolute atomic E-state index is 0.00931. The van der Waals surface area contributed by atoms with E-state index in [0.29, 0.717) is 17.9 Å². The second-order valence-electron chi connectivity index (χ2n) is 8.65. The summed E-state index contributed by atoms with van der Waals surface area (Å²) < 4.78 is 65.7. The van der Waals surface area contributed by atoms with Crippen LogP contribution in [0.3, 0.4) is 0 Å². The zero-order valence-corrected chi connectivity index (χ0v) is 21.5. The molecule has 186 valence electrons. The Labute approximate surface area is 215 Å². The van der Waals surface area contributed by atoms with Crippen LogP contribution in [0.5, 0.6) is 5.75 Å². The molecule has 1 aliphatic heterocycles. The van der Waals surface area contributed by atoms with Crippen LogP contribution in [-0.4, -0.2) is 26.2 Å². The van der Waals surface area contributed by atoms with E-state index in [9.17, 15) is 17.9 Å². The number of thiophene rings is 1. The van der Waals surface area contributed by atoms with Crippen LogP contribution in [0, 0.1) is 17.6 Å². The molecule has 3 aromatic rings. The van der Waals surface area contributed by atoms with Crippen LogP contribution < -0.4 is 9.46 Å². The fourth-order valence-electron chi connectivity index (χ4n) is 5.13. The number of fused-ring (bicyclic) bond motifs is 3. The van der Waals surface area contributed by atoms with E-state index in [1.165, 1.54) is 47.6 Å². The number of nitrogens with one attached hydrogen (secondary N) is 1. The summed E-state index contributed by atoms with van der Waals surface area (Å²) in [4.78, 5) is 1.75. The van der Waals surface area contributed by atoms with Crippen molar-refractivity contribution in [3.63, 3.8) is 0 Å². The Hall–Kier alpha value is -1.69. The van der Waals surface area contributed by atoms with Gasteiger partial charge >= 0.3 is 0 Å². The summed E-state index contributed by atoms with van der Waals surface area (Å²) in [6.45, 7) is -0.115. The maximum Gasteiger partial charge on any atom is 0.188 e. The molecular formula is C24H22ClF2NO4S3. The third-order valence-corrected chi connectivity index (χ3v) is 11.7. The lowest BCUT2D eigenvalue weighted by molar-refractivity contribution is 0.113. The smallest absolute Gasteiger partial charge is 0.188 e. The van der Waals surface area contributed by atoms with E-state index in [1.54, 1.807) is 0 Å². The van der Waals surface area contributed by atoms with Crippen LogP contribution in [0.1, 0.15) is 29.7 Å². The van der Waals surface area contributed by atoms with Gasteiger partial charge in [-0.15, -0.1) is 11.3 Å². The Bertz CT molecular complexity index is 1350. The molecule has 2 heterocycles. The lowest BCUT2D eigenvalue weighted by atomic mass is 9.71. The molecule has 2 N–H and O–H groups in total. The van der Waals surface area contributed by atoms with Crippen LogP contribution in [-0.2, 0) is 21.2 Å². The monoisotopic (exact) mass is 557 g/mol. The van der Waals surface area contributed by atoms with Crippen molar-refractivity contribution in [1.29, 1.82) is 0 Å². The third kappa shape index (κ3) is 4.18. The molecule has 5 nitrogen and oxygen atoms in total. The van der Waals surface area contributed by atoms with Gasteiger partial charge in [-0.3, -0.25) is 4.72 Å². The third-order valence-electron chi connectivity index (χ3n) is 6.79. The molecule has 0 radical (unpaired) electrons. The van der Waals surface area contributed by atoms with Gasteiger partial charge in [0.25, 0.3) is 0 Å². The molecule has 11 heteroatoms. The van der Waals surface area contributed by atoms with E-state index in [-0.39, 0.29) is 41.9 Å². The molecule has 5 rings (SSSR count). The highest BCUT2D eigenvalue weighted by Gasteiger charge is 2.59. The maximum atomic E-state index is 15.3. The van der Waals surface area contributed by atoms with Crippen LogP contribution in [0.2, 0.25) is 5.02 Å². The highest BCUT2D eigenvalue weighted by atomic mass is 35.5. The first-order chi connectivity index (χ1) is 16.8. The molecular weight excluding hydrogens is 536 g/mol. The van der Waals surface area contributed by atoms with Crippen molar-refractivity contribution >= 4 is 44.7 Å². The molecule has 0 bridgehead atoms. The van der Waals surface area contributed by atoms with Crippen molar-refractivity contribution in [2.75, 3.05) is 6.61 Å². The number of rotatable bonds is 6. The zero-order chi connectivity index (χ0) is 24.8. The summed E-state index contributed by atoms with van der Waals surface area (Å²) in [6, 6.07) is 9.51. The Balaban J connectivity index is 1.54. The van der Waals surface area contributed by atoms with E-state index in [1.807, 2.05) is 11.4 Å². The van der Waals surface area contributed by atoms with Gasteiger partial charge in [-0.2, -0.15) is 0 Å². The standard InChI is InChI=1S/C24H22ClF2NO4S3/c25-15-1-3-17(4-2-15)35(30,31)24-9-7-16(28-34-20-8-10-33-21(20)12-29)11-14(24)13-32-23-19(27)6-5-18(26)22(23)24/h1-6,8,10,14,16,28-29H,7,9,11-13H2/t14-,16-,24+/m1/s1. The van der Waals surface area contributed by atoms with Crippen molar-refractivity contribution in [3.05, 3.63) is 74.9 Å². The molecule has 0 unspecified atom stereocenters. The van der Waals surface area contributed by atoms with Crippen molar-refractivity contribution in [2.24, 2.45) is 5.92 Å². The molecule has 1 fully saturated rings. The maximum absolute atomic E-state index is 15.3. The summed E-state index contributed by atoms with van der Waals surface area (Å²) in [5.74, 6) is -2.52. The van der Waals surface area contributed by atoms with Crippen LogP contribution >= 0.6 is 34.9 Å². The molecule has 1 saturated carbocycles. The van der Waals surface area contributed by atoms with Crippen molar-refractivity contribution in [2.45, 2.75) is 46.4 Å². The Kier molecular flexibility index (Phi) is 6.88. The quantitative estimate of drug-likeness (QED) is 0.379. The van der Waals surface area contributed by atoms with Gasteiger partial charge in [-0.1, -0.05) is 11.6 Å². The summed E-state index contributed by atoms with van der Waals surface area (Å²) >= 11 is 8.81. The molecule has 0 saturated heterocycles. The van der Waals surface area contributed by atoms with Gasteiger partial charge < -0.3 is 9.84 Å². The summed E-state index contributed by atoms with van der Waals surface area (Å²) in [7, 11) is -4.16. The van der Waals surface area contributed by atoms with E-state index >= 15 is 4.39 Å². The van der Waals surface area contributed by atoms with Gasteiger partial charge in [0, 0.05) is 26.8 Å². The molecule has 35 heavy (non-hydrogen) atoms. The topological polar surface area (TPSA) is 75.6 Å². The van der Waals surface area contributed by atoms with Gasteiger partial charge in [0.2, 0.25) is 0 Å². The molecule has 1 aromatic heterocycles. The van der Waals surface area contributed by atoms with E-state index in [0.717, 1.165) is 21.9 Å². The number of hydrogen-bond acceptors (Lipinski definition) is 7. The van der Waals surface area contributed by atoms with E-state index in [2.05, 4.69) is 4.72 Å². The Morgan fingerprint density at radius 2 is 1.91 bits per heavy atom. The number of benzene rings is 2. The number of hydrogen-bond donors (Lipinski definition) is 2. The summed E-state index contributed by atoms with van der Waals surface area (Å²) in [6.07, 6.45) is 0.895. The number of aliphatic hydroxyl groups excluding tert-OH is 1. The lowest BCUT2D eigenvalue weighted by Gasteiger charge is -2.49. The molecule has 2 aromatic carbocycles. The highest BCUT2D eigenvalue weighted by molar-refractivity contribution is 7.97. The minimum atomic E-state index is -4.16. The second-order valence-corrected chi connectivity index (χ2v) is 13.2. The Morgan fingerprint density at radius 1 is 1.17 bits per heavy atom. The number of sulfone groups is 1. The average molecular weight is 558 g/mol. The average Bonchev–Trinajstić information content (AvgIpc) is 3.32. The number of halogens is 3. The van der Waals surface area contributed by atoms with Gasteiger partial charge in [-0.25, -0.2) is 17.2 Å². The van der Waals surface area contributed by atoms with E-state index in [4.69, 9.17) is 16.3 Å². The molecule has 2 aliphatic rings. The van der Waals surface area contributed by atoms with E-state index < -0.39 is 32.1 Å². The van der Waals surface area contributed by atoms with Crippen LogP contribution in [0.15, 0.2) is 57.6 Å². The predicted octanol–water partition coefficient (Wildman–Crippen LogP) is 5.70. The van der Waals surface area contributed by atoms with Crippen LogP contribution in [0.25, 0.3) is 0 Å². The lowest BCUT2D eigenvalue weighted by Crippen LogP contribution is -2.54. The van der Waals surface area contributed by atoms with Crippen molar-refractivity contribution in [3.8, 4) is 5.75 Å². The first kappa shape index (κ1) is 25.0. The fourth-order valence-corrected chi connectivity index (χ4v) is 9.42. The molecule has 0 spiro atoms. The van der Waals surface area contributed by atoms with Gasteiger partial charge in [0.05, 0.1) is 23.7 Å². The minimum Gasteiger partial charge on any atom is -0.490 e. The molecule has 1 aliphatic carbocycles. The molecule has 0 amide bonds. The van der Waals surface area contributed by atoms with Gasteiger partial charge in [-0.05, 0) is 79.1 Å². The van der Waals surface area contributed by atoms with Crippen molar-refractivity contribution in [1.82, 2.24) is 4.72 Å².